The number of benzene rings is 2. The molecular formula is C23H18N4O4. The largest absolute Gasteiger partial charge is 0.350 e. The molecule has 1 aliphatic rings. The summed E-state index contributed by atoms with van der Waals surface area (Å²) >= 11 is 0. The van der Waals surface area contributed by atoms with E-state index in [1.54, 1.807) is 24.5 Å². The smallest absolute Gasteiger partial charge is 0.278 e. The number of aryl methyl sites for hydroxylation is 1. The van der Waals surface area contributed by atoms with Gasteiger partial charge >= 0.3 is 0 Å². The number of imide groups is 1. The number of carbonyl (C=O) groups excluding carboxylic acids is 2. The van der Waals surface area contributed by atoms with E-state index in [1.807, 2.05) is 31.2 Å². The van der Waals surface area contributed by atoms with Crippen molar-refractivity contribution in [3.05, 3.63) is 106 Å². The van der Waals surface area contributed by atoms with Crippen molar-refractivity contribution in [2.75, 3.05) is 5.32 Å². The number of nitrogens with zero attached hydrogens (tertiary/aromatic N) is 3. The average molecular weight is 414 g/mol. The summed E-state index contributed by atoms with van der Waals surface area (Å²) in [5, 5.41) is 14.1. The summed E-state index contributed by atoms with van der Waals surface area (Å²) < 4.78 is 0. The normalized spacial score (nSPS) is 13.6. The van der Waals surface area contributed by atoms with Gasteiger partial charge in [-0.05, 0) is 47.9 Å². The third-order valence-electron chi connectivity index (χ3n) is 5.00. The molecule has 2 heterocycles. The predicted molar refractivity (Wildman–Crippen MR) is 115 cm³/mol. The number of nitro benzene ring substituents is 1. The number of aromatic nitrogens is 1. The van der Waals surface area contributed by atoms with Crippen molar-refractivity contribution in [1.29, 1.82) is 0 Å². The van der Waals surface area contributed by atoms with Crippen LogP contribution in [-0.2, 0) is 16.1 Å². The zero-order valence-corrected chi connectivity index (χ0v) is 16.6. The lowest BCUT2D eigenvalue weighted by molar-refractivity contribution is -0.384. The molecule has 0 unspecified atom stereocenters. The predicted octanol–water partition coefficient (Wildman–Crippen LogP) is 3.69. The first-order chi connectivity index (χ1) is 15.0. The lowest BCUT2D eigenvalue weighted by Crippen LogP contribution is -2.32. The Morgan fingerprint density at radius 1 is 1.00 bits per heavy atom. The van der Waals surface area contributed by atoms with Gasteiger partial charge in [0.15, 0.2) is 0 Å². The summed E-state index contributed by atoms with van der Waals surface area (Å²) in [6, 6.07) is 16.5. The molecule has 0 spiro atoms. The van der Waals surface area contributed by atoms with Crippen LogP contribution in [0.2, 0.25) is 0 Å². The number of amides is 2. The monoisotopic (exact) mass is 414 g/mol. The molecule has 2 aromatic carbocycles. The number of pyridine rings is 1. The molecule has 0 saturated carbocycles. The fraction of sp³-hybridized carbons (Fsp3) is 0.0870. The molecule has 3 aromatic rings. The van der Waals surface area contributed by atoms with Gasteiger partial charge in [0.25, 0.3) is 17.5 Å². The number of hydrogen-bond donors (Lipinski definition) is 1. The van der Waals surface area contributed by atoms with E-state index in [0.29, 0.717) is 16.8 Å². The molecule has 154 valence electrons. The summed E-state index contributed by atoms with van der Waals surface area (Å²) in [6.45, 7) is 1.96. The van der Waals surface area contributed by atoms with Gasteiger partial charge in [-0.2, -0.15) is 0 Å². The van der Waals surface area contributed by atoms with E-state index in [0.717, 1.165) is 10.5 Å². The van der Waals surface area contributed by atoms with E-state index in [-0.39, 0.29) is 23.5 Å². The van der Waals surface area contributed by atoms with Gasteiger partial charge in [-0.1, -0.05) is 24.3 Å². The van der Waals surface area contributed by atoms with Crippen molar-refractivity contribution in [1.82, 2.24) is 9.88 Å². The Morgan fingerprint density at radius 2 is 1.74 bits per heavy atom. The molecule has 2 amide bonds. The van der Waals surface area contributed by atoms with E-state index in [2.05, 4.69) is 10.3 Å². The van der Waals surface area contributed by atoms with Crippen LogP contribution in [0.5, 0.6) is 0 Å². The van der Waals surface area contributed by atoms with Crippen molar-refractivity contribution >= 4 is 28.8 Å². The zero-order chi connectivity index (χ0) is 22.0. The number of non-ortho nitro benzene ring substituents is 1. The first kappa shape index (κ1) is 20.0. The van der Waals surface area contributed by atoms with Gasteiger partial charge in [-0.3, -0.25) is 29.6 Å². The molecule has 0 fully saturated rings. The Morgan fingerprint density at radius 3 is 2.39 bits per heavy atom. The highest BCUT2D eigenvalue weighted by Gasteiger charge is 2.39. The minimum absolute atomic E-state index is 0.0704. The van der Waals surface area contributed by atoms with Crippen molar-refractivity contribution in [3.63, 3.8) is 0 Å². The fourth-order valence-electron chi connectivity index (χ4n) is 3.38. The second-order valence-electron chi connectivity index (χ2n) is 7.05. The van der Waals surface area contributed by atoms with Crippen LogP contribution < -0.4 is 5.32 Å². The van der Waals surface area contributed by atoms with E-state index in [1.165, 1.54) is 24.3 Å². The first-order valence-corrected chi connectivity index (χ1v) is 9.52. The summed E-state index contributed by atoms with van der Waals surface area (Å²) in [5.74, 6) is -0.941. The molecule has 0 atom stereocenters. The molecule has 0 aliphatic carbocycles. The Labute approximate surface area is 178 Å². The number of anilines is 1. The van der Waals surface area contributed by atoms with E-state index in [9.17, 15) is 19.7 Å². The number of nitrogens with one attached hydrogen (secondary N) is 1. The number of hydrogen-bond acceptors (Lipinski definition) is 6. The molecule has 1 N–H and O–H groups in total. The minimum atomic E-state index is -0.513. The zero-order valence-electron chi connectivity index (χ0n) is 16.6. The van der Waals surface area contributed by atoms with E-state index in [4.69, 9.17) is 0 Å². The van der Waals surface area contributed by atoms with Crippen LogP contribution >= 0.6 is 0 Å². The van der Waals surface area contributed by atoms with Gasteiger partial charge < -0.3 is 5.32 Å². The Balaban J connectivity index is 1.76. The standard InChI is InChI=1S/C23H18N4O4/c1-15-5-2-3-7-19(15)25-21-20(17-8-10-18(11-9-17)27(30)31)22(28)26(23(21)29)14-16-6-4-12-24-13-16/h2-13,25H,14H2,1H3. The lowest BCUT2D eigenvalue weighted by atomic mass is 10.0. The van der Waals surface area contributed by atoms with Crippen LogP contribution in [-0.4, -0.2) is 26.6 Å². The maximum atomic E-state index is 13.3. The summed E-state index contributed by atoms with van der Waals surface area (Å²) in [5.41, 5.74) is 2.95. The molecule has 1 aliphatic heterocycles. The Bertz CT molecular complexity index is 1200. The highest BCUT2D eigenvalue weighted by atomic mass is 16.6. The molecule has 8 nitrogen and oxygen atoms in total. The SMILES string of the molecule is Cc1ccccc1NC1=C(c2ccc([N+](=O)[O-])cc2)C(=O)N(Cc2cccnc2)C1=O. The van der Waals surface area contributed by atoms with Crippen LogP contribution in [0.25, 0.3) is 5.57 Å². The molecule has 0 saturated heterocycles. The molecule has 1 aromatic heterocycles. The van der Waals surface area contributed by atoms with Gasteiger partial charge in [0.05, 0.1) is 17.0 Å². The maximum Gasteiger partial charge on any atom is 0.278 e. The van der Waals surface area contributed by atoms with Gasteiger partial charge in [0.1, 0.15) is 5.70 Å². The molecule has 4 rings (SSSR count). The van der Waals surface area contributed by atoms with Crippen LogP contribution in [0.1, 0.15) is 16.7 Å². The molecule has 31 heavy (non-hydrogen) atoms. The quantitative estimate of drug-likeness (QED) is 0.375. The second-order valence-corrected chi connectivity index (χ2v) is 7.05. The lowest BCUT2D eigenvalue weighted by Gasteiger charge is -2.15. The topological polar surface area (TPSA) is 105 Å². The second kappa shape index (κ2) is 8.19. The summed E-state index contributed by atoms with van der Waals surface area (Å²) in [6.07, 6.45) is 3.21. The Hall–Kier alpha value is -4.33. The van der Waals surface area contributed by atoms with Gasteiger partial charge in [-0.25, -0.2) is 0 Å². The van der Waals surface area contributed by atoms with Crippen LogP contribution in [0.3, 0.4) is 0 Å². The summed E-state index contributed by atoms with van der Waals surface area (Å²) in [4.78, 5) is 42.2. The average Bonchev–Trinajstić information content (AvgIpc) is 3.00. The van der Waals surface area contributed by atoms with E-state index >= 15 is 0 Å². The highest BCUT2D eigenvalue weighted by Crippen LogP contribution is 2.32. The molecule has 0 radical (unpaired) electrons. The van der Waals surface area contributed by atoms with E-state index < -0.39 is 16.7 Å². The fourth-order valence-corrected chi connectivity index (χ4v) is 3.38. The third kappa shape index (κ3) is 3.91. The van der Waals surface area contributed by atoms with Gasteiger partial charge in [0.2, 0.25) is 0 Å². The van der Waals surface area contributed by atoms with Crippen molar-refractivity contribution < 1.29 is 14.5 Å². The number of rotatable bonds is 6. The van der Waals surface area contributed by atoms with Crippen LogP contribution in [0, 0.1) is 17.0 Å². The minimum Gasteiger partial charge on any atom is -0.350 e. The molecule has 8 heteroatoms. The highest BCUT2D eigenvalue weighted by molar-refractivity contribution is 6.36. The first-order valence-electron chi connectivity index (χ1n) is 9.52. The molecule has 0 bridgehead atoms. The third-order valence-corrected chi connectivity index (χ3v) is 5.00. The Kier molecular flexibility index (Phi) is 5.28. The van der Waals surface area contributed by atoms with Crippen LogP contribution in [0.4, 0.5) is 11.4 Å². The van der Waals surface area contributed by atoms with Crippen molar-refractivity contribution in [3.8, 4) is 0 Å². The van der Waals surface area contributed by atoms with Crippen molar-refractivity contribution in [2.24, 2.45) is 0 Å². The van der Waals surface area contributed by atoms with Gasteiger partial charge in [0, 0.05) is 30.2 Å². The number of nitro groups is 1. The van der Waals surface area contributed by atoms with Crippen molar-refractivity contribution in [2.45, 2.75) is 13.5 Å². The number of carbonyl (C=O) groups is 2. The van der Waals surface area contributed by atoms with Gasteiger partial charge in [-0.15, -0.1) is 0 Å². The molecular weight excluding hydrogens is 396 g/mol. The summed E-state index contributed by atoms with van der Waals surface area (Å²) in [7, 11) is 0. The van der Waals surface area contributed by atoms with Crippen LogP contribution in [0.15, 0.2) is 78.8 Å². The maximum absolute atomic E-state index is 13.3. The number of para-hydroxylation sites is 1.